The highest BCUT2D eigenvalue weighted by Crippen LogP contribution is 2.38. The van der Waals surface area contributed by atoms with Gasteiger partial charge in [-0.25, -0.2) is 0 Å². The molecule has 1 unspecified atom stereocenters. The van der Waals surface area contributed by atoms with Crippen LogP contribution in [0.1, 0.15) is 189 Å². The average molecular weight is 1180 g/mol. The second-order valence-corrected chi connectivity index (χ2v) is 23.6. The van der Waals surface area contributed by atoms with Crippen molar-refractivity contribution < 1.29 is 117 Å². The smallest absolute Gasteiger partial charge is 0.306 e. The molecule has 0 amide bonds. The Morgan fingerprint density at radius 3 is 1.66 bits per heavy atom. The first kappa shape index (κ1) is 69.2. The quantitative estimate of drug-likeness (QED) is 0.0550. The molecule has 6 fully saturated rings. The summed E-state index contributed by atoms with van der Waals surface area (Å²) in [6.07, 6.45) is -19.7. The van der Waals surface area contributed by atoms with Gasteiger partial charge in [-0.05, 0) is 53.4 Å². The van der Waals surface area contributed by atoms with E-state index in [1.54, 1.807) is 13.8 Å². The molecule has 0 aromatic rings. The van der Waals surface area contributed by atoms with E-state index in [9.17, 15) is 60.7 Å². The van der Waals surface area contributed by atoms with Crippen LogP contribution in [0.5, 0.6) is 0 Å². The summed E-state index contributed by atoms with van der Waals surface area (Å²) in [5.41, 5.74) is 0. The summed E-state index contributed by atoms with van der Waals surface area (Å²) in [7, 11) is 0. The average Bonchev–Trinajstić information content (AvgIpc) is 3.55. The zero-order valence-corrected chi connectivity index (χ0v) is 49.2. The third-order valence-corrected chi connectivity index (χ3v) is 17.0. The number of unbranched alkanes of at least 4 members (excludes halogenated alkanes) is 10. The van der Waals surface area contributed by atoms with E-state index in [2.05, 4.69) is 13.8 Å². The lowest BCUT2D eigenvalue weighted by atomic mass is 9.95. The third-order valence-electron chi connectivity index (χ3n) is 17.0. The predicted octanol–water partition coefficient (Wildman–Crippen LogP) is 2.71. The number of esters is 2. The van der Waals surface area contributed by atoms with E-state index < -0.39 is 172 Å². The van der Waals surface area contributed by atoms with E-state index in [4.69, 9.17) is 56.8 Å². The third kappa shape index (κ3) is 19.1. The fourth-order valence-corrected chi connectivity index (χ4v) is 11.8. The summed E-state index contributed by atoms with van der Waals surface area (Å²) in [6.45, 7) is 9.56. The number of ether oxygens (including phenoxy) is 12. The van der Waals surface area contributed by atoms with Crippen molar-refractivity contribution in [3.05, 3.63) is 0 Å². The standard InChI is InChI=1S/C58H102O24/c1-7-9-11-12-13-14-17-20-24-28-37(60)77-52-46(69)48(79-56-51(44(67)40(63)32(4)72-56)81-54-45(68)42(65)41(64)36(30-59)76-54)33(5)73-57(52)80-49-34(6)74-58-53(47(49)70)78-38(61)29-25-21-18-15-16-19-23-27-35(26-22-10-8-2)75-55-50(82-58)43(66)39(62)31(3)71-55/h31-36,39-59,62-70H,7-30H2,1-6H3/t31-,32+,33+,34+,35?,36-,39-,40+,41-,42+,43+,44-,45-,46-,47-,48+,49+,50-,51-,52-,53-,54+,55+,56+,57+,58-/m1/s1. The molecule has 6 aliphatic rings. The summed E-state index contributed by atoms with van der Waals surface area (Å²) in [5.74, 6) is -1.41. The number of carbonyl (C=O) groups excluding carboxylic acids is 2. The van der Waals surface area contributed by atoms with Crippen molar-refractivity contribution in [2.24, 2.45) is 0 Å². The van der Waals surface area contributed by atoms with E-state index in [1.165, 1.54) is 26.7 Å². The van der Waals surface area contributed by atoms with Crippen molar-refractivity contribution in [2.75, 3.05) is 6.61 Å². The maximum Gasteiger partial charge on any atom is 0.306 e. The molecule has 6 aliphatic heterocycles. The van der Waals surface area contributed by atoms with Gasteiger partial charge in [-0.3, -0.25) is 9.59 Å². The number of hydrogen-bond acceptors (Lipinski definition) is 24. The molecular weight excluding hydrogens is 1080 g/mol. The van der Waals surface area contributed by atoms with Crippen LogP contribution in [-0.2, 0) is 66.4 Å². The minimum atomic E-state index is -1.92. The Hall–Kier alpha value is -1.86. The summed E-state index contributed by atoms with van der Waals surface area (Å²) < 4.78 is 74.4. The van der Waals surface area contributed by atoms with E-state index in [0.29, 0.717) is 12.8 Å². The Kier molecular flexibility index (Phi) is 29.2. The van der Waals surface area contributed by atoms with E-state index >= 15 is 0 Å². The highest BCUT2D eigenvalue weighted by molar-refractivity contribution is 5.70. The lowest BCUT2D eigenvalue weighted by molar-refractivity contribution is -0.395. The molecule has 0 spiro atoms. The van der Waals surface area contributed by atoms with Crippen LogP contribution in [-0.4, -0.2) is 229 Å². The molecule has 0 aromatic heterocycles. The molecule has 0 aromatic carbocycles. The van der Waals surface area contributed by atoms with Crippen LogP contribution in [0, 0.1) is 0 Å². The summed E-state index contributed by atoms with van der Waals surface area (Å²) in [5, 5.41) is 112. The van der Waals surface area contributed by atoms with Crippen molar-refractivity contribution in [3.63, 3.8) is 0 Å². The molecule has 10 N–H and O–H groups in total. The molecule has 6 heterocycles. The van der Waals surface area contributed by atoms with Gasteiger partial charge in [0.05, 0.1) is 37.1 Å². The van der Waals surface area contributed by atoms with Crippen molar-refractivity contribution in [3.8, 4) is 0 Å². The molecule has 0 saturated carbocycles. The fourth-order valence-electron chi connectivity index (χ4n) is 11.8. The molecule has 26 atom stereocenters. The molecule has 6 saturated heterocycles. The Bertz CT molecular complexity index is 1820. The fraction of sp³-hybridized carbons (Fsp3) is 0.966. The lowest BCUT2D eigenvalue weighted by Gasteiger charge is -2.50. The van der Waals surface area contributed by atoms with E-state index in [1.807, 2.05) is 0 Å². The van der Waals surface area contributed by atoms with Gasteiger partial charge in [0.1, 0.15) is 85.5 Å². The minimum Gasteiger partial charge on any atom is -0.454 e. The zero-order valence-electron chi connectivity index (χ0n) is 49.2. The molecular formula is C58H102O24. The van der Waals surface area contributed by atoms with Crippen LogP contribution < -0.4 is 0 Å². The first-order valence-electron chi connectivity index (χ1n) is 31.0. The van der Waals surface area contributed by atoms with E-state index in [0.717, 1.165) is 109 Å². The first-order chi connectivity index (χ1) is 39.3. The van der Waals surface area contributed by atoms with Crippen molar-refractivity contribution >= 4 is 11.9 Å². The van der Waals surface area contributed by atoms with Crippen LogP contribution in [0.4, 0.5) is 0 Å². The maximum absolute atomic E-state index is 13.8. The molecule has 24 nitrogen and oxygen atoms in total. The van der Waals surface area contributed by atoms with Crippen LogP contribution >= 0.6 is 0 Å². The molecule has 0 bridgehead atoms. The number of fused-ring (bicyclic) bond motifs is 2. The van der Waals surface area contributed by atoms with Gasteiger partial charge in [0.2, 0.25) is 0 Å². The minimum absolute atomic E-state index is 0.00467. The second-order valence-electron chi connectivity index (χ2n) is 23.6. The summed E-state index contributed by atoms with van der Waals surface area (Å²) >= 11 is 0. The second kappa shape index (κ2) is 34.6. The van der Waals surface area contributed by atoms with Gasteiger partial charge in [-0.2, -0.15) is 0 Å². The Labute approximate surface area is 483 Å². The highest BCUT2D eigenvalue weighted by Gasteiger charge is 2.57. The predicted molar refractivity (Wildman–Crippen MR) is 289 cm³/mol. The van der Waals surface area contributed by atoms with Gasteiger partial charge in [0.25, 0.3) is 0 Å². The zero-order chi connectivity index (χ0) is 59.6. The molecule has 478 valence electrons. The number of rotatable bonds is 22. The van der Waals surface area contributed by atoms with Gasteiger partial charge in [-0.15, -0.1) is 0 Å². The first-order valence-corrected chi connectivity index (χ1v) is 31.0. The molecule has 82 heavy (non-hydrogen) atoms. The largest absolute Gasteiger partial charge is 0.454 e. The molecule has 24 heteroatoms. The Balaban J connectivity index is 1.25. The van der Waals surface area contributed by atoms with Gasteiger partial charge >= 0.3 is 11.9 Å². The summed E-state index contributed by atoms with van der Waals surface area (Å²) in [6, 6.07) is 0. The molecule has 0 radical (unpaired) electrons. The number of aliphatic hydroxyl groups excluding tert-OH is 10. The topological polar surface area (TPSA) is 347 Å². The Morgan fingerprint density at radius 1 is 0.463 bits per heavy atom. The van der Waals surface area contributed by atoms with Crippen LogP contribution in [0.25, 0.3) is 0 Å². The van der Waals surface area contributed by atoms with Gasteiger partial charge in [0, 0.05) is 12.8 Å². The van der Waals surface area contributed by atoms with Crippen molar-refractivity contribution in [1.82, 2.24) is 0 Å². The molecule has 0 aliphatic carbocycles. The van der Waals surface area contributed by atoms with Crippen LogP contribution in [0.2, 0.25) is 0 Å². The van der Waals surface area contributed by atoms with Crippen LogP contribution in [0.3, 0.4) is 0 Å². The number of carbonyl (C=O) groups is 2. The number of hydrogen-bond donors (Lipinski definition) is 10. The van der Waals surface area contributed by atoms with Gasteiger partial charge in [0.15, 0.2) is 43.7 Å². The highest BCUT2D eigenvalue weighted by atomic mass is 16.8. The van der Waals surface area contributed by atoms with E-state index in [-0.39, 0.29) is 18.9 Å². The number of aliphatic hydroxyl groups is 10. The SMILES string of the molecule is CCCCCCCCCCCC(=O)O[C@H]1[C@H](O[C@@H]2[C@@H](O)[C@H]3OC(=O)CCCCCCCCCC(CCCCC)O[C@@H]4O[C@H](C)[C@@H](O)[C@H](O)[C@H]4O[C@H]3O[C@H]2C)O[C@@H](C)[C@H](O[C@@H]2O[C@@H](C)[C@H](O)[C@@H](O)[C@H]2O[C@@H]2O[C@H](CO)[C@@H](O)[C@H](O)[C@H]2O)[C@H]1O. The maximum atomic E-state index is 13.8. The normalized spacial score (nSPS) is 43.1. The van der Waals surface area contributed by atoms with Gasteiger partial charge in [-0.1, -0.05) is 123 Å². The Morgan fingerprint density at radius 2 is 0.988 bits per heavy atom. The van der Waals surface area contributed by atoms with Crippen LogP contribution in [0.15, 0.2) is 0 Å². The lowest BCUT2D eigenvalue weighted by Crippen LogP contribution is -2.67. The van der Waals surface area contributed by atoms with Crippen molar-refractivity contribution in [1.29, 1.82) is 0 Å². The van der Waals surface area contributed by atoms with Gasteiger partial charge < -0.3 is 108 Å². The summed E-state index contributed by atoms with van der Waals surface area (Å²) in [4.78, 5) is 27.6. The molecule has 6 rings (SSSR count). The van der Waals surface area contributed by atoms with Crippen molar-refractivity contribution in [2.45, 2.75) is 349 Å². The monoisotopic (exact) mass is 1180 g/mol.